The minimum absolute atomic E-state index is 0.304. The van der Waals surface area contributed by atoms with Crippen LogP contribution in [0.25, 0.3) is 0 Å². The fraction of sp³-hybridized carbons (Fsp3) is 0.500. The number of rotatable bonds is 7. The molecule has 1 aromatic rings. The molecule has 0 unspecified atom stereocenters. The van der Waals surface area contributed by atoms with Crippen LogP contribution in [-0.4, -0.2) is 19.9 Å². The standard InChI is InChI=1S/C12H18BrNO2/c1-3-14-8-10-7-11(5-6-12(10)13)16-9-15-4-2/h5-7,14H,3-4,8-9H2,1-2H3. The van der Waals surface area contributed by atoms with Crippen molar-refractivity contribution < 1.29 is 9.47 Å². The molecule has 3 nitrogen and oxygen atoms in total. The summed E-state index contributed by atoms with van der Waals surface area (Å²) in [5.74, 6) is 0.838. The highest BCUT2D eigenvalue weighted by molar-refractivity contribution is 9.10. The average molecular weight is 288 g/mol. The molecule has 0 radical (unpaired) electrons. The highest BCUT2D eigenvalue weighted by atomic mass is 79.9. The van der Waals surface area contributed by atoms with Gasteiger partial charge in [-0.2, -0.15) is 0 Å². The van der Waals surface area contributed by atoms with E-state index in [9.17, 15) is 0 Å². The molecule has 0 aliphatic carbocycles. The highest BCUT2D eigenvalue weighted by Crippen LogP contribution is 2.22. The number of halogens is 1. The van der Waals surface area contributed by atoms with Crippen LogP contribution >= 0.6 is 15.9 Å². The van der Waals surface area contributed by atoms with Crippen LogP contribution in [0.3, 0.4) is 0 Å². The van der Waals surface area contributed by atoms with E-state index in [1.54, 1.807) is 0 Å². The van der Waals surface area contributed by atoms with Crippen LogP contribution in [0, 0.1) is 0 Å². The Kier molecular flexibility index (Phi) is 6.45. The summed E-state index contributed by atoms with van der Waals surface area (Å²) in [6, 6.07) is 5.94. The van der Waals surface area contributed by atoms with Crippen molar-refractivity contribution >= 4 is 15.9 Å². The van der Waals surface area contributed by atoms with Gasteiger partial charge in [-0.05, 0) is 37.2 Å². The molecule has 0 fully saturated rings. The molecule has 0 bridgehead atoms. The topological polar surface area (TPSA) is 30.5 Å². The molecule has 1 N–H and O–H groups in total. The second-order valence-corrected chi connectivity index (χ2v) is 4.14. The lowest BCUT2D eigenvalue weighted by Crippen LogP contribution is -2.12. The van der Waals surface area contributed by atoms with E-state index in [0.29, 0.717) is 13.4 Å². The van der Waals surface area contributed by atoms with Crippen molar-refractivity contribution in [1.29, 1.82) is 0 Å². The van der Waals surface area contributed by atoms with Gasteiger partial charge in [0.05, 0.1) is 0 Å². The van der Waals surface area contributed by atoms with E-state index in [1.165, 1.54) is 5.56 Å². The second kappa shape index (κ2) is 7.65. The zero-order valence-corrected chi connectivity index (χ0v) is 11.3. The Bertz CT molecular complexity index is 318. The van der Waals surface area contributed by atoms with Crippen LogP contribution in [-0.2, 0) is 11.3 Å². The average Bonchev–Trinajstić information content (AvgIpc) is 2.30. The summed E-state index contributed by atoms with van der Waals surface area (Å²) < 4.78 is 11.7. The summed E-state index contributed by atoms with van der Waals surface area (Å²) in [4.78, 5) is 0. The Balaban J connectivity index is 2.58. The summed E-state index contributed by atoms with van der Waals surface area (Å²) in [6.45, 7) is 6.80. The third-order valence-corrected chi connectivity index (χ3v) is 2.87. The first-order valence-corrected chi connectivity index (χ1v) is 6.27. The molecule has 0 aromatic heterocycles. The van der Waals surface area contributed by atoms with Gasteiger partial charge < -0.3 is 14.8 Å². The molecule has 0 spiro atoms. The van der Waals surface area contributed by atoms with Crippen LogP contribution in [0.2, 0.25) is 0 Å². The van der Waals surface area contributed by atoms with Crippen LogP contribution in [0.5, 0.6) is 5.75 Å². The predicted octanol–water partition coefficient (Wildman–Crippen LogP) is 2.93. The molecule has 0 aliphatic rings. The second-order valence-electron chi connectivity index (χ2n) is 3.29. The molecular weight excluding hydrogens is 270 g/mol. The van der Waals surface area contributed by atoms with E-state index in [2.05, 4.69) is 28.2 Å². The van der Waals surface area contributed by atoms with Gasteiger partial charge in [-0.25, -0.2) is 0 Å². The molecule has 0 atom stereocenters. The molecule has 1 rings (SSSR count). The van der Waals surface area contributed by atoms with Crippen molar-refractivity contribution in [2.45, 2.75) is 20.4 Å². The molecule has 0 saturated heterocycles. The van der Waals surface area contributed by atoms with Gasteiger partial charge in [-0.1, -0.05) is 22.9 Å². The lowest BCUT2D eigenvalue weighted by atomic mass is 10.2. The minimum atomic E-state index is 0.304. The Hall–Kier alpha value is -0.580. The summed E-state index contributed by atoms with van der Waals surface area (Å²) >= 11 is 3.52. The first kappa shape index (κ1) is 13.5. The predicted molar refractivity (Wildman–Crippen MR) is 68.6 cm³/mol. The molecule has 0 heterocycles. The van der Waals surface area contributed by atoms with E-state index in [-0.39, 0.29) is 0 Å². The van der Waals surface area contributed by atoms with Gasteiger partial charge in [0.1, 0.15) is 5.75 Å². The Labute approximate surface area is 105 Å². The lowest BCUT2D eigenvalue weighted by Gasteiger charge is -2.09. The SMILES string of the molecule is CCNCc1cc(OCOCC)ccc1Br. The molecule has 90 valence electrons. The fourth-order valence-corrected chi connectivity index (χ4v) is 1.62. The molecule has 0 amide bonds. The number of benzene rings is 1. The summed E-state index contributed by atoms with van der Waals surface area (Å²) in [6.07, 6.45) is 0. The van der Waals surface area contributed by atoms with Gasteiger partial charge in [0, 0.05) is 17.6 Å². The van der Waals surface area contributed by atoms with Crippen LogP contribution < -0.4 is 10.1 Å². The molecule has 1 aromatic carbocycles. The normalized spacial score (nSPS) is 10.4. The zero-order valence-electron chi connectivity index (χ0n) is 9.75. The molecule has 4 heteroatoms. The van der Waals surface area contributed by atoms with Gasteiger partial charge in [-0.3, -0.25) is 0 Å². The summed E-state index contributed by atoms with van der Waals surface area (Å²) in [5.41, 5.74) is 1.19. The van der Waals surface area contributed by atoms with E-state index in [1.807, 2.05) is 25.1 Å². The number of ether oxygens (including phenoxy) is 2. The molecular formula is C12H18BrNO2. The van der Waals surface area contributed by atoms with Crippen molar-refractivity contribution in [2.75, 3.05) is 19.9 Å². The number of hydrogen-bond acceptors (Lipinski definition) is 3. The van der Waals surface area contributed by atoms with Crippen LogP contribution in [0.4, 0.5) is 0 Å². The van der Waals surface area contributed by atoms with E-state index in [4.69, 9.17) is 9.47 Å². The van der Waals surface area contributed by atoms with E-state index >= 15 is 0 Å². The molecule has 0 aliphatic heterocycles. The van der Waals surface area contributed by atoms with Gasteiger partial charge in [0.25, 0.3) is 0 Å². The van der Waals surface area contributed by atoms with Gasteiger partial charge in [-0.15, -0.1) is 0 Å². The largest absolute Gasteiger partial charge is 0.468 e. The Morgan fingerprint density at radius 2 is 2.12 bits per heavy atom. The van der Waals surface area contributed by atoms with Gasteiger partial charge in [0.15, 0.2) is 6.79 Å². The zero-order chi connectivity index (χ0) is 11.8. The van der Waals surface area contributed by atoms with Crippen LogP contribution in [0.1, 0.15) is 19.4 Å². The van der Waals surface area contributed by atoms with E-state index < -0.39 is 0 Å². The van der Waals surface area contributed by atoms with Crippen molar-refractivity contribution in [3.8, 4) is 5.75 Å². The molecule has 0 saturated carbocycles. The maximum absolute atomic E-state index is 5.45. The summed E-state index contributed by atoms with van der Waals surface area (Å²) in [7, 11) is 0. The smallest absolute Gasteiger partial charge is 0.189 e. The fourth-order valence-electron chi connectivity index (χ4n) is 1.23. The highest BCUT2D eigenvalue weighted by Gasteiger charge is 2.02. The Morgan fingerprint density at radius 3 is 2.81 bits per heavy atom. The van der Waals surface area contributed by atoms with Crippen LogP contribution in [0.15, 0.2) is 22.7 Å². The Morgan fingerprint density at radius 1 is 1.31 bits per heavy atom. The first-order valence-electron chi connectivity index (χ1n) is 5.47. The summed E-state index contributed by atoms with van der Waals surface area (Å²) in [5, 5.41) is 3.28. The third-order valence-electron chi connectivity index (χ3n) is 2.10. The first-order chi connectivity index (χ1) is 7.77. The van der Waals surface area contributed by atoms with Crippen molar-refractivity contribution in [3.05, 3.63) is 28.2 Å². The maximum Gasteiger partial charge on any atom is 0.189 e. The molecule has 16 heavy (non-hydrogen) atoms. The van der Waals surface area contributed by atoms with Gasteiger partial charge >= 0.3 is 0 Å². The third kappa shape index (κ3) is 4.51. The minimum Gasteiger partial charge on any atom is -0.468 e. The number of hydrogen-bond donors (Lipinski definition) is 1. The van der Waals surface area contributed by atoms with Gasteiger partial charge in [0.2, 0.25) is 0 Å². The lowest BCUT2D eigenvalue weighted by molar-refractivity contribution is 0.0223. The monoisotopic (exact) mass is 287 g/mol. The maximum atomic E-state index is 5.45. The number of nitrogens with one attached hydrogen (secondary N) is 1. The van der Waals surface area contributed by atoms with E-state index in [0.717, 1.165) is 23.3 Å². The van der Waals surface area contributed by atoms with Crippen molar-refractivity contribution in [2.24, 2.45) is 0 Å². The quantitative estimate of drug-likeness (QED) is 0.618. The van der Waals surface area contributed by atoms with Crippen molar-refractivity contribution in [3.63, 3.8) is 0 Å². The van der Waals surface area contributed by atoms with Crippen molar-refractivity contribution in [1.82, 2.24) is 5.32 Å².